The number of amides is 1. The van der Waals surface area contributed by atoms with Gasteiger partial charge in [0, 0.05) is 18.7 Å². The Morgan fingerprint density at radius 3 is 2.25 bits per heavy atom. The van der Waals surface area contributed by atoms with E-state index >= 15 is 0 Å². The second kappa shape index (κ2) is 10.4. The summed E-state index contributed by atoms with van der Waals surface area (Å²) in [7, 11) is 0. The summed E-state index contributed by atoms with van der Waals surface area (Å²) in [6, 6.07) is 6.29. The van der Waals surface area contributed by atoms with Crippen molar-refractivity contribution in [1.29, 1.82) is 0 Å². The predicted molar refractivity (Wildman–Crippen MR) is 90.0 cm³/mol. The summed E-state index contributed by atoms with van der Waals surface area (Å²) in [5, 5.41) is 11.1. The molecule has 0 aromatic heterocycles. The molecule has 0 saturated carbocycles. The Balaban J connectivity index is 2.44. The van der Waals surface area contributed by atoms with Crippen LogP contribution in [0.1, 0.15) is 37.0 Å². The molecular weight excluding hydrogens is 312 g/mol. The number of likely N-dealkylation sites (N-methyl/N-ethyl adjacent to an activating group) is 1. The van der Waals surface area contributed by atoms with Gasteiger partial charge in [-0.15, -0.1) is 0 Å². The molecule has 0 fully saturated rings. The molecule has 24 heavy (non-hydrogen) atoms. The van der Waals surface area contributed by atoms with Gasteiger partial charge in [0.2, 0.25) is 5.91 Å². The highest BCUT2D eigenvalue weighted by molar-refractivity contribution is 5.94. The number of carboxylic acid groups (broad SMARTS) is 1. The molecule has 1 aromatic rings. The van der Waals surface area contributed by atoms with Gasteiger partial charge in [-0.05, 0) is 37.4 Å². The highest BCUT2D eigenvalue weighted by atomic mass is 16.5. The van der Waals surface area contributed by atoms with Gasteiger partial charge in [0.1, 0.15) is 6.61 Å². The normalized spacial score (nSPS) is 10.5. The van der Waals surface area contributed by atoms with Gasteiger partial charge >= 0.3 is 11.9 Å². The molecule has 0 bridgehead atoms. The lowest BCUT2D eigenvalue weighted by Gasteiger charge is -2.17. The summed E-state index contributed by atoms with van der Waals surface area (Å²) >= 11 is 0. The van der Waals surface area contributed by atoms with E-state index in [1.165, 1.54) is 0 Å². The van der Waals surface area contributed by atoms with Crippen LogP contribution in [-0.4, -0.2) is 54.1 Å². The van der Waals surface area contributed by atoms with Crippen LogP contribution < -0.4 is 5.32 Å². The van der Waals surface area contributed by atoms with Crippen molar-refractivity contribution < 1.29 is 24.2 Å². The average molecular weight is 336 g/mol. The monoisotopic (exact) mass is 336 g/mol. The van der Waals surface area contributed by atoms with Crippen molar-refractivity contribution in [2.75, 3.05) is 31.6 Å². The fourth-order valence-electron chi connectivity index (χ4n) is 2.02. The largest absolute Gasteiger partial charge is 0.481 e. The molecule has 0 atom stereocenters. The molecule has 0 saturated heterocycles. The van der Waals surface area contributed by atoms with Gasteiger partial charge in [-0.2, -0.15) is 0 Å². The van der Waals surface area contributed by atoms with Gasteiger partial charge in [0.15, 0.2) is 0 Å². The number of benzene rings is 1. The highest BCUT2D eigenvalue weighted by Gasteiger charge is 2.09. The van der Waals surface area contributed by atoms with E-state index < -0.39 is 11.9 Å². The van der Waals surface area contributed by atoms with E-state index in [-0.39, 0.29) is 18.7 Å². The summed E-state index contributed by atoms with van der Waals surface area (Å²) in [5.74, 6) is -1.81. The van der Waals surface area contributed by atoms with Crippen LogP contribution in [0.4, 0.5) is 5.69 Å². The number of hydrogen-bond acceptors (Lipinski definition) is 5. The number of carboxylic acids is 1. The Morgan fingerprint density at radius 2 is 1.71 bits per heavy atom. The van der Waals surface area contributed by atoms with Gasteiger partial charge in [-0.1, -0.05) is 13.8 Å². The quantitative estimate of drug-likeness (QED) is 0.634. The zero-order valence-corrected chi connectivity index (χ0v) is 14.1. The van der Waals surface area contributed by atoms with Crippen molar-refractivity contribution in [3.63, 3.8) is 0 Å². The molecule has 0 aliphatic rings. The molecule has 132 valence electrons. The third-order valence-electron chi connectivity index (χ3n) is 3.51. The van der Waals surface area contributed by atoms with Crippen molar-refractivity contribution in [2.45, 2.75) is 26.7 Å². The fourth-order valence-corrected chi connectivity index (χ4v) is 2.02. The molecule has 0 spiro atoms. The Hall–Kier alpha value is -2.41. The molecule has 0 unspecified atom stereocenters. The number of nitrogens with one attached hydrogen (secondary N) is 1. The molecule has 0 heterocycles. The van der Waals surface area contributed by atoms with E-state index in [1.807, 2.05) is 0 Å². The average Bonchev–Trinajstić information content (AvgIpc) is 2.57. The first-order valence-corrected chi connectivity index (χ1v) is 7.97. The lowest BCUT2D eigenvalue weighted by molar-refractivity contribution is -0.138. The first-order valence-electron chi connectivity index (χ1n) is 7.97. The third-order valence-corrected chi connectivity index (χ3v) is 3.51. The van der Waals surface area contributed by atoms with Crippen molar-refractivity contribution in [1.82, 2.24) is 4.90 Å². The van der Waals surface area contributed by atoms with Gasteiger partial charge in [-0.25, -0.2) is 4.79 Å². The standard InChI is InChI=1S/C17H24N2O5/c1-3-19(4-2)11-12-24-17(23)13-5-7-14(8-6-13)18-15(20)9-10-16(21)22/h5-8H,3-4,9-12H2,1-2H3,(H,18,20)(H,21,22). The van der Waals surface area contributed by atoms with Crippen LogP contribution in [0.2, 0.25) is 0 Å². The molecule has 7 nitrogen and oxygen atoms in total. The molecule has 2 N–H and O–H groups in total. The molecule has 1 aromatic carbocycles. The lowest BCUT2D eigenvalue weighted by Crippen LogP contribution is -2.27. The lowest BCUT2D eigenvalue weighted by atomic mass is 10.2. The van der Waals surface area contributed by atoms with Crippen molar-refractivity contribution in [3.05, 3.63) is 29.8 Å². The van der Waals surface area contributed by atoms with E-state index in [2.05, 4.69) is 24.1 Å². The van der Waals surface area contributed by atoms with Gasteiger partial charge in [-0.3, -0.25) is 9.59 Å². The van der Waals surface area contributed by atoms with Crippen LogP contribution in [0.15, 0.2) is 24.3 Å². The smallest absolute Gasteiger partial charge is 0.338 e. The van der Waals surface area contributed by atoms with E-state index in [0.717, 1.165) is 13.1 Å². The van der Waals surface area contributed by atoms with Crippen LogP contribution in [0.25, 0.3) is 0 Å². The van der Waals surface area contributed by atoms with E-state index in [4.69, 9.17) is 9.84 Å². The minimum Gasteiger partial charge on any atom is -0.481 e. The maximum Gasteiger partial charge on any atom is 0.338 e. The maximum absolute atomic E-state index is 11.9. The number of hydrogen-bond donors (Lipinski definition) is 2. The number of carbonyl (C=O) groups excluding carboxylic acids is 2. The second-order valence-corrected chi connectivity index (χ2v) is 5.18. The molecule has 7 heteroatoms. The van der Waals surface area contributed by atoms with Crippen LogP contribution in [0.3, 0.4) is 0 Å². The van der Waals surface area contributed by atoms with Crippen molar-refractivity contribution in [3.8, 4) is 0 Å². The molecule has 1 rings (SSSR count). The molecule has 1 amide bonds. The predicted octanol–water partition coefficient (Wildman–Crippen LogP) is 1.99. The molecule has 0 aliphatic carbocycles. The Labute approximate surface area is 141 Å². The van der Waals surface area contributed by atoms with Crippen molar-refractivity contribution in [2.24, 2.45) is 0 Å². The van der Waals surface area contributed by atoms with Crippen LogP contribution in [0, 0.1) is 0 Å². The number of anilines is 1. The Morgan fingerprint density at radius 1 is 1.08 bits per heavy atom. The molecule has 0 aliphatic heterocycles. The van der Waals surface area contributed by atoms with E-state index in [1.54, 1.807) is 24.3 Å². The fraction of sp³-hybridized carbons (Fsp3) is 0.471. The minimum absolute atomic E-state index is 0.0928. The van der Waals surface area contributed by atoms with Crippen LogP contribution >= 0.6 is 0 Å². The SMILES string of the molecule is CCN(CC)CCOC(=O)c1ccc(NC(=O)CCC(=O)O)cc1. The Bertz CT molecular complexity index is 553. The first-order chi connectivity index (χ1) is 11.5. The van der Waals surface area contributed by atoms with Crippen molar-refractivity contribution >= 4 is 23.5 Å². The second-order valence-electron chi connectivity index (χ2n) is 5.18. The third kappa shape index (κ3) is 7.23. The van der Waals surface area contributed by atoms with Gasteiger partial charge in [0.05, 0.1) is 12.0 Å². The maximum atomic E-state index is 11.9. The van der Waals surface area contributed by atoms with Crippen LogP contribution in [-0.2, 0) is 14.3 Å². The Kier molecular flexibility index (Phi) is 8.49. The molecule has 0 radical (unpaired) electrons. The summed E-state index contributed by atoms with van der Waals surface area (Å²) < 4.78 is 5.21. The molecular formula is C17H24N2O5. The number of carbonyl (C=O) groups is 3. The number of rotatable bonds is 10. The van der Waals surface area contributed by atoms with Gasteiger partial charge in [0.25, 0.3) is 0 Å². The van der Waals surface area contributed by atoms with Crippen LogP contribution in [0.5, 0.6) is 0 Å². The number of esters is 1. The number of nitrogens with zero attached hydrogens (tertiary/aromatic N) is 1. The first kappa shape index (κ1) is 19.6. The topological polar surface area (TPSA) is 95.9 Å². The number of ether oxygens (including phenoxy) is 1. The summed E-state index contributed by atoms with van der Waals surface area (Å²) in [6.07, 6.45) is -0.312. The zero-order chi connectivity index (χ0) is 17.9. The summed E-state index contributed by atoms with van der Waals surface area (Å²) in [4.78, 5) is 36.0. The number of aliphatic carboxylic acids is 1. The van der Waals surface area contributed by atoms with E-state index in [9.17, 15) is 14.4 Å². The van der Waals surface area contributed by atoms with E-state index in [0.29, 0.717) is 24.4 Å². The van der Waals surface area contributed by atoms with Gasteiger partial charge < -0.3 is 20.1 Å². The summed E-state index contributed by atoms with van der Waals surface area (Å²) in [5.41, 5.74) is 0.906. The minimum atomic E-state index is -1.02. The zero-order valence-electron chi connectivity index (χ0n) is 14.1. The highest BCUT2D eigenvalue weighted by Crippen LogP contribution is 2.11. The summed E-state index contributed by atoms with van der Waals surface area (Å²) in [6.45, 7) is 6.93.